The van der Waals surface area contributed by atoms with Gasteiger partial charge in [0.25, 0.3) is 0 Å². The summed E-state index contributed by atoms with van der Waals surface area (Å²) in [5.74, 6) is 1.71. The summed E-state index contributed by atoms with van der Waals surface area (Å²) < 4.78 is 12.9. The van der Waals surface area contributed by atoms with Crippen LogP contribution in [0.5, 0.6) is 11.5 Å². The molecule has 0 fully saturated rings. The van der Waals surface area contributed by atoms with Crippen LogP contribution in [-0.4, -0.2) is 23.2 Å². The molecule has 41 heavy (non-hydrogen) atoms. The van der Waals surface area contributed by atoms with Crippen LogP contribution < -0.4 is 9.47 Å². The molecule has 0 saturated carbocycles. The van der Waals surface area contributed by atoms with Gasteiger partial charge in [-0.1, -0.05) is 84.3 Å². The van der Waals surface area contributed by atoms with Crippen molar-refractivity contribution in [3.05, 3.63) is 107 Å². The fourth-order valence-corrected chi connectivity index (χ4v) is 6.62. The van der Waals surface area contributed by atoms with Gasteiger partial charge < -0.3 is 9.47 Å². The number of pyridine rings is 2. The number of rotatable bonds is 16. The summed E-state index contributed by atoms with van der Waals surface area (Å²) in [4.78, 5) is 8.27. The van der Waals surface area contributed by atoms with Crippen LogP contribution in [0.15, 0.2) is 89.9 Å². The summed E-state index contributed by atoms with van der Waals surface area (Å²) in [6.07, 6.45) is 18.8. The van der Waals surface area contributed by atoms with Gasteiger partial charge in [0.15, 0.2) is 0 Å². The van der Waals surface area contributed by atoms with E-state index in [0.717, 1.165) is 37.6 Å². The molecular weight excluding hydrogens is 572 g/mol. The van der Waals surface area contributed by atoms with Crippen molar-refractivity contribution in [1.82, 2.24) is 9.97 Å². The molecule has 0 saturated heterocycles. The Labute approximate surface area is 253 Å². The first-order valence-corrected chi connectivity index (χ1v) is 15.9. The third-order valence-electron chi connectivity index (χ3n) is 8.28. The zero-order valence-corrected chi connectivity index (χ0v) is 25.7. The van der Waals surface area contributed by atoms with Crippen molar-refractivity contribution in [3.63, 3.8) is 0 Å². The molecule has 1 aliphatic carbocycles. The van der Waals surface area contributed by atoms with Crippen LogP contribution in [0.4, 0.5) is 0 Å². The van der Waals surface area contributed by atoms with Crippen LogP contribution >= 0.6 is 15.9 Å². The molecule has 0 N–H and O–H groups in total. The third-order valence-corrected chi connectivity index (χ3v) is 8.77. The van der Waals surface area contributed by atoms with Gasteiger partial charge in [-0.3, -0.25) is 9.97 Å². The van der Waals surface area contributed by atoms with Crippen LogP contribution in [0.25, 0.3) is 11.1 Å². The molecule has 5 rings (SSSR count). The molecule has 2 aromatic carbocycles. The molecule has 0 radical (unpaired) electrons. The van der Waals surface area contributed by atoms with Crippen molar-refractivity contribution in [3.8, 4) is 22.6 Å². The molecule has 0 unspecified atom stereocenters. The quantitative estimate of drug-likeness (QED) is 0.118. The minimum atomic E-state index is 0.0683. The number of hydrogen-bond donors (Lipinski definition) is 0. The van der Waals surface area contributed by atoms with Gasteiger partial charge in [-0.15, -0.1) is 0 Å². The van der Waals surface area contributed by atoms with Crippen LogP contribution in [0.1, 0.15) is 80.9 Å². The first-order valence-electron chi connectivity index (χ1n) is 15.1. The molecule has 2 heterocycles. The largest absolute Gasteiger partial charge is 0.492 e. The maximum absolute atomic E-state index is 5.86. The van der Waals surface area contributed by atoms with E-state index in [1.165, 1.54) is 83.7 Å². The van der Waals surface area contributed by atoms with Crippen molar-refractivity contribution >= 4 is 15.9 Å². The number of nitrogens with zero attached hydrogens (tertiary/aromatic N) is 2. The van der Waals surface area contributed by atoms with E-state index < -0.39 is 0 Å². The van der Waals surface area contributed by atoms with Crippen LogP contribution in [0, 0.1) is 6.92 Å². The van der Waals surface area contributed by atoms with Crippen molar-refractivity contribution in [2.75, 3.05) is 13.2 Å². The van der Waals surface area contributed by atoms with Gasteiger partial charge in [-0.2, -0.15) is 0 Å². The SMILES string of the molecule is Cc1ccc2c(c1)C(CCCCCCOc1cccnc1)(CCCCCCOc1cccnc1)c1cc(Br)ccc1-2. The third kappa shape index (κ3) is 7.56. The summed E-state index contributed by atoms with van der Waals surface area (Å²) in [5, 5.41) is 0. The minimum absolute atomic E-state index is 0.0683. The topological polar surface area (TPSA) is 44.2 Å². The summed E-state index contributed by atoms with van der Waals surface area (Å²) in [5.41, 5.74) is 7.29. The Kier molecular flexibility index (Phi) is 10.5. The molecule has 1 aliphatic rings. The van der Waals surface area contributed by atoms with E-state index in [1.54, 1.807) is 24.8 Å². The Hall–Kier alpha value is -3.18. The molecule has 214 valence electrons. The zero-order chi connectivity index (χ0) is 28.3. The van der Waals surface area contributed by atoms with E-state index in [4.69, 9.17) is 9.47 Å². The van der Waals surface area contributed by atoms with Gasteiger partial charge in [0, 0.05) is 22.3 Å². The lowest BCUT2D eigenvalue weighted by Crippen LogP contribution is -2.25. The van der Waals surface area contributed by atoms with Crippen molar-refractivity contribution in [1.29, 1.82) is 0 Å². The maximum Gasteiger partial charge on any atom is 0.137 e. The summed E-state index contributed by atoms with van der Waals surface area (Å²) in [6.45, 7) is 3.73. The molecule has 5 heteroatoms. The molecule has 4 aromatic rings. The predicted octanol–water partition coefficient (Wildman–Crippen LogP) is 9.87. The fraction of sp³-hybridized carbons (Fsp3) is 0.389. The Morgan fingerprint density at radius 1 is 0.634 bits per heavy atom. The second-order valence-electron chi connectivity index (χ2n) is 11.2. The summed E-state index contributed by atoms with van der Waals surface area (Å²) >= 11 is 3.80. The summed E-state index contributed by atoms with van der Waals surface area (Å²) in [7, 11) is 0. The van der Waals surface area contributed by atoms with E-state index in [1.807, 2.05) is 24.3 Å². The molecule has 0 spiro atoms. The molecule has 4 nitrogen and oxygen atoms in total. The highest BCUT2D eigenvalue weighted by molar-refractivity contribution is 9.10. The van der Waals surface area contributed by atoms with E-state index in [9.17, 15) is 0 Å². The number of aromatic nitrogens is 2. The number of halogens is 1. The second kappa shape index (κ2) is 14.6. The highest BCUT2D eigenvalue weighted by Gasteiger charge is 2.42. The van der Waals surface area contributed by atoms with Gasteiger partial charge >= 0.3 is 0 Å². The normalized spacial score (nSPS) is 13.0. The van der Waals surface area contributed by atoms with Gasteiger partial charge in [0.2, 0.25) is 0 Å². The van der Waals surface area contributed by atoms with Crippen molar-refractivity contribution < 1.29 is 9.47 Å². The zero-order valence-electron chi connectivity index (χ0n) is 24.2. The Morgan fingerprint density at radius 3 is 1.73 bits per heavy atom. The lowest BCUT2D eigenvalue weighted by atomic mass is 9.70. The first-order chi connectivity index (χ1) is 20.2. The van der Waals surface area contributed by atoms with Gasteiger partial charge in [0.1, 0.15) is 11.5 Å². The average molecular weight is 614 g/mol. The van der Waals surface area contributed by atoms with E-state index in [0.29, 0.717) is 0 Å². The number of ether oxygens (including phenoxy) is 2. The Balaban J connectivity index is 1.20. The molecule has 2 aromatic heterocycles. The number of unbranched alkanes of at least 4 members (excludes halogenated alkanes) is 6. The standard InChI is InChI=1S/C36H41BrN2O2/c1-28-14-16-32-33-17-15-29(37)25-35(33)36(34(32)24-28,18-6-2-4-8-22-40-30-12-10-20-38-26-30)19-7-3-5-9-23-41-31-13-11-21-39-27-31/h10-17,20-21,24-27H,2-9,18-19,22-23H2,1H3. The maximum atomic E-state index is 5.86. The van der Waals surface area contributed by atoms with Gasteiger partial charge in [-0.05, 0) is 91.3 Å². The highest BCUT2D eigenvalue weighted by Crippen LogP contribution is 2.55. The number of aryl methyl sites for hydroxylation is 1. The average Bonchev–Trinajstić information content (AvgIpc) is 3.25. The van der Waals surface area contributed by atoms with E-state index in [-0.39, 0.29) is 5.41 Å². The number of fused-ring (bicyclic) bond motifs is 3. The highest BCUT2D eigenvalue weighted by atomic mass is 79.9. The lowest BCUT2D eigenvalue weighted by Gasteiger charge is -2.33. The molecule has 0 atom stereocenters. The van der Waals surface area contributed by atoms with Crippen LogP contribution in [0.2, 0.25) is 0 Å². The lowest BCUT2D eigenvalue weighted by molar-refractivity contribution is 0.299. The van der Waals surface area contributed by atoms with Crippen molar-refractivity contribution in [2.45, 2.75) is 76.5 Å². The molecule has 0 aliphatic heterocycles. The smallest absolute Gasteiger partial charge is 0.137 e. The summed E-state index contributed by atoms with van der Waals surface area (Å²) in [6, 6.07) is 21.8. The monoisotopic (exact) mass is 612 g/mol. The van der Waals surface area contributed by atoms with E-state index in [2.05, 4.69) is 69.2 Å². The number of benzene rings is 2. The van der Waals surface area contributed by atoms with Crippen molar-refractivity contribution in [2.24, 2.45) is 0 Å². The van der Waals surface area contributed by atoms with Gasteiger partial charge in [0.05, 0.1) is 25.6 Å². The first kappa shape index (κ1) is 29.3. The van der Waals surface area contributed by atoms with Crippen LogP contribution in [0.3, 0.4) is 0 Å². The Bertz CT molecular complexity index is 1270. The Morgan fingerprint density at radius 2 is 1.17 bits per heavy atom. The minimum Gasteiger partial charge on any atom is -0.492 e. The second-order valence-corrected chi connectivity index (χ2v) is 12.1. The fourth-order valence-electron chi connectivity index (χ4n) is 6.25. The molecule has 0 amide bonds. The molecular formula is C36H41BrN2O2. The van der Waals surface area contributed by atoms with E-state index >= 15 is 0 Å². The predicted molar refractivity (Wildman–Crippen MR) is 171 cm³/mol. The molecule has 0 bridgehead atoms. The van der Waals surface area contributed by atoms with Crippen LogP contribution in [-0.2, 0) is 5.41 Å². The number of hydrogen-bond acceptors (Lipinski definition) is 4. The van der Waals surface area contributed by atoms with Gasteiger partial charge in [-0.25, -0.2) is 0 Å².